The molecule has 1 saturated heterocycles. The van der Waals surface area contributed by atoms with E-state index < -0.39 is 0 Å². The molecule has 1 atom stereocenters. The zero-order valence-corrected chi connectivity index (χ0v) is 9.22. The van der Waals surface area contributed by atoms with E-state index in [-0.39, 0.29) is 17.8 Å². The van der Waals surface area contributed by atoms with Crippen molar-refractivity contribution in [1.29, 1.82) is 0 Å². The summed E-state index contributed by atoms with van der Waals surface area (Å²) in [6, 6.07) is 5.07. The highest BCUT2D eigenvalue weighted by Crippen LogP contribution is 2.16. The van der Waals surface area contributed by atoms with Crippen LogP contribution in [0.4, 0.5) is 10.1 Å². The van der Waals surface area contributed by atoms with E-state index in [0.717, 1.165) is 12.0 Å². The SMILES string of the molecule is Cc1ccc(F)c(NCC2CCC(=O)N2)c1. The molecule has 3 nitrogen and oxygen atoms in total. The van der Waals surface area contributed by atoms with Crippen LogP contribution in [0.1, 0.15) is 18.4 Å². The maximum atomic E-state index is 13.4. The molecule has 0 aliphatic carbocycles. The summed E-state index contributed by atoms with van der Waals surface area (Å²) in [5.41, 5.74) is 1.51. The Morgan fingerprint density at radius 3 is 3.06 bits per heavy atom. The van der Waals surface area contributed by atoms with E-state index in [1.54, 1.807) is 12.1 Å². The molecule has 1 aliphatic rings. The molecule has 1 amide bonds. The standard InChI is InChI=1S/C12H15FN2O/c1-8-2-4-10(13)11(6-8)14-7-9-3-5-12(16)15-9/h2,4,6,9,14H,3,5,7H2,1H3,(H,15,16). The van der Waals surface area contributed by atoms with Crippen molar-refractivity contribution in [2.75, 3.05) is 11.9 Å². The lowest BCUT2D eigenvalue weighted by Gasteiger charge is -2.13. The van der Waals surface area contributed by atoms with Crippen LogP contribution in [0.2, 0.25) is 0 Å². The first kappa shape index (κ1) is 10.9. The van der Waals surface area contributed by atoms with E-state index in [0.29, 0.717) is 18.7 Å². The lowest BCUT2D eigenvalue weighted by Crippen LogP contribution is -2.31. The van der Waals surface area contributed by atoms with Gasteiger partial charge in [0.15, 0.2) is 0 Å². The van der Waals surface area contributed by atoms with Gasteiger partial charge in [0, 0.05) is 19.0 Å². The number of rotatable bonds is 3. The fraction of sp³-hybridized carbons (Fsp3) is 0.417. The van der Waals surface area contributed by atoms with Gasteiger partial charge in [0.1, 0.15) is 5.82 Å². The fourth-order valence-corrected chi connectivity index (χ4v) is 1.84. The Bertz CT molecular complexity index is 406. The number of carbonyl (C=O) groups excluding carboxylic acids is 1. The van der Waals surface area contributed by atoms with Crippen molar-refractivity contribution in [3.8, 4) is 0 Å². The molecule has 1 heterocycles. The Kier molecular flexibility index (Phi) is 3.08. The molecule has 1 unspecified atom stereocenters. The predicted octanol–water partition coefficient (Wildman–Crippen LogP) is 1.82. The summed E-state index contributed by atoms with van der Waals surface area (Å²) in [6.45, 7) is 2.49. The molecular weight excluding hydrogens is 207 g/mol. The van der Waals surface area contributed by atoms with Crippen LogP contribution in [0, 0.1) is 12.7 Å². The van der Waals surface area contributed by atoms with Crippen molar-refractivity contribution >= 4 is 11.6 Å². The molecule has 0 spiro atoms. The van der Waals surface area contributed by atoms with E-state index in [1.807, 2.05) is 6.92 Å². The first-order valence-corrected chi connectivity index (χ1v) is 5.44. The normalized spacial score (nSPS) is 19.6. The van der Waals surface area contributed by atoms with Gasteiger partial charge in [0.25, 0.3) is 0 Å². The minimum absolute atomic E-state index is 0.0801. The van der Waals surface area contributed by atoms with Gasteiger partial charge in [-0.1, -0.05) is 6.07 Å². The molecule has 1 aliphatic heterocycles. The van der Waals surface area contributed by atoms with E-state index in [1.165, 1.54) is 6.07 Å². The molecule has 1 aromatic rings. The average molecular weight is 222 g/mol. The van der Waals surface area contributed by atoms with Gasteiger partial charge in [0.2, 0.25) is 5.91 Å². The molecule has 0 saturated carbocycles. The third-order valence-corrected chi connectivity index (χ3v) is 2.75. The molecule has 0 aromatic heterocycles. The van der Waals surface area contributed by atoms with E-state index in [2.05, 4.69) is 10.6 Å². The first-order valence-electron chi connectivity index (χ1n) is 5.44. The molecule has 2 rings (SSSR count). The van der Waals surface area contributed by atoms with Crippen molar-refractivity contribution in [2.24, 2.45) is 0 Å². The molecule has 1 aromatic carbocycles. The summed E-state index contributed by atoms with van der Waals surface area (Å²) in [5.74, 6) is -0.175. The van der Waals surface area contributed by atoms with Crippen molar-refractivity contribution in [3.63, 3.8) is 0 Å². The van der Waals surface area contributed by atoms with Gasteiger partial charge in [-0.3, -0.25) is 4.79 Å². The number of carbonyl (C=O) groups is 1. The Labute approximate surface area is 94.0 Å². The minimum Gasteiger partial charge on any atom is -0.381 e. The Morgan fingerprint density at radius 2 is 2.38 bits per heavy atom. The molecule has 4 heteroatoms. The van der Waals surface area contributed by atoms with Crippen molar-refractivity contribution in [1.82, 2.24) is 5.32 Å². The zero-order chi connectivity index (χ0) is 11.5. The average Bonchev–Trinajstić information content (AvgIpc) is 2.66. The van der Waals surface area contributed by atoms with Crippen LogP contribution in [0.5, 0.6) is 0 Å². The van der Waals surface area contributed by atoms with Gasteiger partial charge in [-0.2, -0.15) is 0 Å². The van der Waals surface area contributed by atoms with Crippen LogP contribution in [-0.2, 0) is 4.79 Å². The second kappa shape index (κ2) is 4.51. The second-order valence-corrected chi connectivity index (χ2v) is 4.17. The number of aryl methyl sites for hydroxylation is 1. The smallest absolute Gasteiger partial charge is 0.220 e. The highest BCUT2D eigenvalue weighted by atomic mass is 19.1. The summed E-state index contributed by atoms with van der Waals surface area (Å²) in [7, 11) is 0. The fourth-order valence-electron chi connectivity index (χ4n) is 1.84. The second-order valence-electron chi connectivity index (χ2n) is 4.17. The van der Waals surface area contributed by atoms with Crippen LogP contribution in [0.15, 0.2) is 18.2 Å². The summed E-state index contributed by atoms with van der Waals surface area (Å²) in [6.07, 6.45) is 1.39. The van der Waals surface area contributed by atoms with Crippen molar-refractivity contribution < 1.29 is 9.18 Å². The Balaban J connectivity index is 1.94. The van der Waals surface area contributed by atoms with Crippen LogP contribution < -0.4 is 10.6 Å². The number of amides is 1. The number of halogens is 1. The van der Waals surface area contributed by atoms with Gasteiger partial charge in [0.05, 0.1) is 5.69 Å². The lowest BCUT2D eigenvalue weighted by atomic mass is 10.2. The van der Waals surface area contributed by atoms with Crippen molar-refractivity contribution in [3.05, 3.63) is 29.6 Å². The largest absolute Gasteiger partial charge is 0.381 e. The molecule has 1 fully saturated rings. The Hall–Kier alpha value is -1.58. The molecule has 86 valence electrons. The number of hydrogen-bond acceptors (Lipinski definition) is 2. The van der Waals surface area contributed by atoms with Crippen LogP contribution in [0.25, 0.3) is 0 Å². The third kappa shape index (κ3) is 2.51. The van der Waals surface area contributed by atoms with E-state index >= 15 is 0 Å². The predicted molar refractivity (Wildman–Crippen MR) is 60.8 cm³/mol. The first-order chi connectivity index (χ1) is 7.65. The van der Waals surface area contributed by atoms with Gasteiger partial charge >= 0.3 is 0 Å². The summed E-state index contributed by atoms with van der Waals surface area (Å²) in [5, 5.41) is 5.86. The van der Waals surface area contributed by atoms with Crippen LogP contribution >= 0.6 is 0 Å². The maximum Gasteiger partial charge on any atom is 0.220 e. The molecule has 0 bridgehead atoms. The summed E-state index contributed by atoms with van der Waals surface area (Å²) < 4.78 is 13.4. The van der Waals surface area contributed by atoms with Crippen LogP contribution in [0.3, 0.4) is 0 Å². The lowest BCUT2D eigenvalue weighted by molar-refractivity contribution is -0.119. The summed E-state index contributed by atoms with van der Waals surface area (Å²) in [4.78, 5) is 11.0. The van der Waals surface area contributed by atoms with Gasteiger partial charge in [-0.05, 0) is 31.0 Å². The highest BCUT2D eigenvalue weighted by Gasteiger charge is 2.20. The van der Waals surface area contributed by atoms with Crippen molar-refractivity contribution in [2.45, 2.75) is 25.8 Å². The van der Waals surface area contributed by atoms with E-state index in [9.17, 15) is 9.18 Å². The van der Waals surface area contributed by atoms with Crippen LogP contribution in [-0.4, -0.2) is 18.5 Å². The molecular formula is C12H15FN2O. The minimum atomic E-state index is -0.255. The monoisotopic (exact) mass is 222 g/mol. The van der Waals surface area contributed by atoms with Gasteiger partial charge < -0.3 is 10.6 Å². The number of hydrogen-bond donors (Lipinski definition) is 2. The maximum absolute atomic E-state index is 13.4. The number of benzene rings is 1. The molecule has 16 heavy (non-hydrogen) atoms. The number of nitrogens with one attached hydrogen (secondary N) is 2. The topological polar surface area (TPSA) is 41.1 Å². The summed E-state index contributed by atoms with van der Waals surface area (Å²) >= 11 is 0. The third-order valence-electron chi connectivity index (χ3n) is 2.75. The zero-order valence-electron chi connectivity index (χ0n) is 9.22. The quantitative estimate of drug-likeness (QED) is 0.819. The van der Waals surface area contributed by atoms with Gasteiger partial charge in [-0.25, -0.2) is 4.39 Å². The van der Waals surface area contributed by atoms with Gasteiger partial charge in [-0.15, -0.1) is 0 Å². The molecule has 2 N–H and O–H groups in total. The highest BCUT2D eigenvalue weighted by molar-refractivity contribution is 5.78. The van der Waals surface area contributed by atoms with E-state index in [4.69, 9.17) is 0 Å². The number of anilines is 1. The Morgan fingerprint density at radius 1 is 1.56 bits per heavy atom. The molecule has 0 radical (unpaired) electrons.